The Morgan fingerprint density at radius 3 is 3.03 bits per heavy atom. The van der Waals surface area contributed by atoms with Crippen molar-refractivity contribution in [2.75, 3.05) is 5.32 Å². The van der Waals surface area contributed by atoms with Gasteiger partial charge in [0.2, 0.25) is 0 Å². The number of alkyl halides is 2. The third-order valence-electron chi connectivity index (χ3n) is 4.10. The van der Waals surface area contributed by atoms with Crippen molar-refractivity contribution < 1.29 is 18.3 Å². The van der Waals surface area contributed by atoms with E-state index in [1.165, 1.54) is 23.0 Å². The molecule has 0 saturated heterocycles. The molecule has 8 nitrogen and oxygen atoms in total. The summed E-state index contributed by atoms with van der Waals surface area (Å²) in [6.07, 6.45) is 6.29. The van der Waals surface area contributed by atoms with Crippen molar-refractivity contribution in [2.45, 2.75) is 13.0 Å². The van der Waals surface area contributed by atoms with Gasteiger partial charge in [0, 0.05) is 28.9 Å². The van der Waals surface area contributed by atoms with Crippen LogP contribution in [0.25, 0.3) is 5.65 Å². The minimum Gasteiger partial charge on any atom is -0.435 e. The number of ether oxygens (including phenoxy) is 1. The minimum atomic E-state index is -2.95. The molecule has 3 heterocycles. The summed E-state index contributed by atoms with van der Waals surface area (Å²) in [5.41, 5.74) is 2.14. The van der Waals surface area contributed by atoms with Gasteiger partial charge in [0.15, 0.2) is 5.65 Å². The number of benzene rings is 1. The lowest BCUT2D eigenvalue weighted by atomic mass is 10.1. The highest BCUT2D eigenvalue weighted by molar-refractivity contribution is 9.10. The molecule has 0 radical (unpaired) electrons. The van der Waals surface area contributed by atoms with Crippen molar-refractivity contribution in [3.63, 3.8) is 0 Å². The summed E-state index contributed by atoms with van der Waals surface area (Å²) in [5, 5.41) is 13.6. The molecule has 1 amide bonds. The molecule has 148 valence electrons. The first-order chi connectivity index (χ1) is 14.0. The van der Waals surface area contributed by atoms with Gasteiger partial charge in [-0.25, -0.2) is 9.50 Å². The third kappa shape index (κ3) is 4.09. The Labute approximate surface area is 171 Å². The fourth-order valence-corrected chi connectivity index (χ4v) is 3.23. The molecule has 0 fully saturated rings. The Balaban J connectivity index is 1.58. The molecule has 0 aliphatic heterocycles. The van der Waals surface area contributed by atoms with Gasteiger partial charge in [-0.2, -0.15) is 19.0 Å². The summed E-state index contributed by atoms with van der Waals surface area (Å²) in [5.74, 6) is -0.374. The number of fused-ring (bicyclic) bond motifs is 1. The van der Waals surface area contributed by atoms with E-state index in [4.69, 9.17) is 0 Å². The summed E-state index contributed by atoms with van der Waals surface area (Å²) in [7, 11) is 0. The maximum absolute atomic E-state index is 12.7. The van der Waals surface area contributed by atoms with E-state index < -0.39 is 12.5 Å². The lowest BCUT2D eigenvalue weighted by Crippen LogP contribution is -2.13. The molecule has 0 spiro atoms. The van der Waals surface area contributed by atoms with E-state index >= 15 is 0 Å². The Morgan fingerprint density at radius 2 is 2.21 bits per heavy atom. The van der Waals surface area contributed by atoms with Crippen LogP contribution in [0.4, 0.5) is 14.5 Å². The van der Waals surface area contributed by atoms with Crippen LogP contribution in [0.1, 0.15) is 21.6 Å². The molecule has 0 aliphatic carbocycles. The second-order valence-electron chi connectivity index (χ2n) is 5.97. The van der Waals surface area contributed by atoms with Gasteiger partial charge in [-0.3, -0.25) is 9.89 Å². The average molecular weight is 463 g/mol. The Morgan fingerprint density at radius 1 is 1.34 bits per heavy atom. The SMILES string of the molecule is O=C(Nc1cn[nH]c1Cc1cc(Br)ccc1OC(F)F)c1cnn2cccnc12. The quantitative estimate of drug-likeness (QED) is 0.455. The van der Waals surface area contributed by atoms with Gasteiger partial charge in [-0.05, 0) is 24.3 Å². The molecule has 2 N–H and O–H groups in total. The zero-order valence-corrected chi connectivity index (χ0v) is 16.2. The summed E-state index contributed by atoms with van der Waals surface area (Å²) in [6.45, 7) is -2.95. The number of amides is 1. The normalized spacial score (nSPS) is 11.2. The Kier molecular flexibility index (Phi) is 5.21. The van der Waals surface area contributed by atoms with Crippen molar-refractivity contribution in [3.05, 3.63) is 70.3 Å². The number of nitrogens with zero attached hydrogens (tertiary/aromatic N) is 4. The molecule has 0 unspecified atom stereocenters. The molecular formula is C18H13BrF2N6O2. The first-order valence-electron chi connectivity index (χ1n) is 8.36. The molecule has 0 atom stereocenters. The molecular weight excluding hydrogens is 450 g/mol. The molecule has 0 bridgehead atoms. The molecule has 3 aromatic heterocycles. The van der Waals surface area contributed by atoms with Gasteiger partial charge in [-0.15, -0.1) is 0 Å². The van der Waals surface area contributed by atoms with Crippen LogP contribution in [0.15, 0.2) is 53.5 Å². The average Bonchev–Trinajstić information content (AvgIpc) is 3.30. The second-order valence-corrected chi connectivity index (χ2v) is 6.89. The van der Waals surface area contributed by atoms with Gasteiger partial charge in [0.25, 0.3) is 5.91 Å². The number of aromatic nitrogens is 5. The maximum atomic E-state index is 12.7. The van der Waals surface area contributed by atoms with Crippen LogP contribution in [0.3, 0.4) is 0 Å². The fourth-order valence-electron chi connectivity index (χ4n) is 2.82. The van der Waals surface area contributed by atoms with E-state index in [-0.39, 0.29) is 12.2 Å². The number of anilines is 1. The molecule has 4 aromatic rings. The van der Waals surface area contributed by atoms with Gasteiger partial charge in [-0.1, -0.05) is 15.9 Å². The number of rotatable bonds is 6. The van der Waals surface area contributed by atoms with Gasteiger partial charge in [0.1, 0.15) is 11.3 Å². The van der Waals surface area contributed by atoms with Crippen LogP contribution in [-0.4, -0.2) is 37.3 Å². The zero-order chi connectivity index (χ0) is 20.4. The molecule has 1 aromatic carbocycles. The summed E-state index contributed by atoms with van der Waals surface area (Å²) in [4.78, 5) is 16.8. The van der Waals surface area contributed by atoms with Crippen LogP contribution in [-0.2, 0) is 6.42 Å². The van der Waals surface area contributed by atoms with E-state index in [2.05, 4.69) is 46.3 Å². The predicted molar refractivity (Wildman–Crippen MR) is 103 cm³/mol. The molecule has 11 heteroatoms. The van der Waals surface area contributed by atoms with Crippen LogP contribution < -0.4 is 10.1 Å². The maximum Gasteiger partial charge on any atom is 0.387 e. The number of hydrogen-bond donors (Lipinski definition) is 2. The lowest BCUT2D eigenvalue weighted by molar-refractivity contribution is -0.0504. The summed E-state index contributed by atoms with van der Waals surface area (Å²) >= 11 is 3.32. The highest BCUT2D eigenvalue weighted by Gasteiger charge is 2.18. The van der Waals surface area contributed by atoms with Crippen molar-refractivity contribution in [3.8, 4) is 5.75 Å². The fraction of sp³-hybridized carbons (Fsp3) is 0.111. The van der Waals surface area contributed by atoms with Gasteiger partial charge < -0.3 is 10.1 Å². The summed E-state index contributed by atoms with van der Waals surface area (Å²) < 4.78 is 32.2. The molecule has 29 heavy (non-hydrogen) atoms. The molecule has 0 aliphatic rings. The Hall–Kier alpha value is -3.34. The van der Waals surface area contributed by atoms with E-state index in [1.807, 2.05) is 0 Å². The van der Waals surface area contributed by atoms with Crippen molar-refractivity contribution in [2.24, 2.45) is 0 Å². The third-order valence-corrected chi connectivity index (χ3v) is 4.59. The zero-order valence-electron chi connectivity index (χ0n) is 14.6. The summed E-state index contributed by atoms with van der Waals surface area (Å²) in [6, 6.07) is 6.42. The largest absolute Gasteiger partial charge is 0.435 e. The van der Waals surface area contributed by atoms with E-state index in [0.717, 1.165) is 0 Å². The first kappa shape index (κ1) is 19.0. The van der Waals surface area contributed by atoms with Crippen LogP contribution in [0.5, 0.6) is 5.75 Å². The number of H-pyrrole nitrogens is 1. The van der Waals surface area contributed by atoms with Crippen molar-refractivity contribution >= 4 is 33.2 Å². The number of carbonyl (C=O) groups excluding carboxylic acids is 1. The first-order valence-corrected chi connectivity index (χ1v) is 9.16. The highest BCUT2D eigenvalue weighted by Crippen LogP contribution is 2.28. The number of hydrogen-bond acceptors (Lipinski definition) is 5. The second kappa shape index (κ2) is 7.95. The standard InChI is InChI=1S/C18H13BrF2N6O2/c19-11-2-3-15(29-18(20)21)10(6-11)7-13-14(9-23-26-13)25-17(28)12-8-24-27-5-1-4-22-16(12)27/h1-6,8-9,18H,7H2,(H,23,26)(H,25,28). The van der Waals surface area contributed by atoms with E-state index in [1.54, 1.807) is 30.6 Å². The lowest BCUT2D eigenvalue weighted by Gasteiger charge is -2.11. The molecule has 0 saturated carbocycles. The number of halogens is 3. The van der Waals surface area contributed by atoms with Crippen molar-refractivity contribution in [1.29, 1.82) is 0 Å². The van der Waals surface area contributed by atoms with Crippen molar-refractivity contribution in [1.82, 2.24) is 24.8 Å². The van der Waals surface area contributed by atoms with Crippen LogP contribution >= 0.6 is 15.9 Å². The number of aromatic amines is 1. The molecule has 4 rings (SSSR count). The number of carbonyl (C=O) groups is 1. The highest BCUT2D eigenvalue weighted by atomic mass is 79.9. The predicted octanol–water partition coefficient (Wildman–Crippen LogP) is 3.66. The monoisotopic (exact) mass is 462 g/mol. The van der Waals surface area contributed by atoms with Crippen LogP contribution in [0, 0.1) is 0 Å². The number of nitrogens with one attached hydrogen (secondary N) is 2. The van der Waals surface area contributed by atoms with Gasteiger partial charge in [0.05, 0.1) is 23.8 Å². The smallest absolute Gasteiger partial charge is 0.387 e. The van der Waals surface area contributed by atoms with E-state index in [9.17, 15) is 13.6 Å². The minimum absolute atomic E-state index is 0.0434. The Bertz CT molecular complexity index is 1180. The van der Waals surface area contributed by atoms with Crippen LogP contribution in [0.2, 0.25) is 0 Å². The van der Waals surface area contributed by atoms with Gasteiger partial charge >= 0.3 is 6.61 Å². The topological polar surface area (TPSA) is 97.2 Å². The van der Waals surface area contributed by atoms with E-state index in [0.29, 0.717) is 32.6 Å².